The minimum absolute atomic E-state index is 0.908. The molecule has 102 valence electrons. The van der Waals surface area contributed by atoms with Gasteiger partial charge in [-0.15, -0.1) is 11.3 Å². The molecule has 19 heavy (non-hydrogen) atoms. The highest BCUT2D eigenvalue weighted by atomic mass is 32.1. The van der Waals surface area contributed by atoms with Gasteiger partial charge in [-0.25, -0.2) is 4.98 Å². The van der Waals surface area contributed by atoms with Crippen molar-refractivity contribution in [3.8, 4) is 0 Å². The quantitative estimate of drug-likeness (QED) is 0.841. The summed E-state index contributed by atoms with van der Waals surface area (Å²) >= 11 is 1.65. The summed E-state index contributed by atoms with van der Waals surface area (Å²) in [5.74, 6) is 0. The third-order valence-electron chi connectivity index (χ3n) is 3.05. The molecule has 0 atom stereocenters. The second kappa shape index (κ2) is 7.38. The Morgan fingerprint density at radius 2 is 1.89 bits per heavy atom. The first-order valence-electron chi connectivity index (χ1n) is 6.56. The number of hydrogen-bond acceptors (Lipinski definition) is 4. The molecule has 0 aliphatic heterocycles. The van der Waals surface area contributed by atoms with Crippen LogP contribution in [0.5, 0.6) is 0 Å². The third-order valence-corrected chi connectivity index (χ3v) is 3.69. The molecule has 1 aromatic carbocycles. The molecule has 0 amide bonds. The van der Waals surface area contributed by atoms with Crippen molar-refractivity contribution in [2.75, 3.05) is 20.6 Å². The van der Waals surface area contributed by atoms with Crippen molar-refractivity contribution in [1.29, 1.82) is 0 Å². The SMILES string of the molecule is CNCCc1ccc(CN(C)Cc2cscn2)cc1. The highest BCUT2D eigenvalue weighted by Gasteiger charge is 2.03. The van der Waals surface area contributed by atoms with Crippen LogP contribution >= 0.6 is 11.3 Å². The van der Waals surface area contributed by atoms with Gasteiger partial charge in [-0.05, 0) is 38.2 Å². The summed E-state index contributed by atoms with van der Waals surface area (Å²) in [5, 5.41) is 5.28. The second-order valence-electron chi connectivity index (χ2n) is 4.82. The van der Waals surface area contributed by atoms with Crippen molar-refractivity contribution in [2.45, 2.75) is 19.5 Å². The Hall–Kier alpha value is -1.23. The van der Waals surface area contributed by atoms with Crippen LogP contribution in [-0.2, 0) is 19.5 Å². The van der Waals surface area contributed by atoms with Crippen LogP contribution < -0.4 is 5.32 Å². The van der Waals surface area contributed by atoms with E-state index < -0.39 is 0 Å². The van der Waals surface area contributed by atoms with Crippen LogP contribution in [0, 0.1) is 0 Å². The van der Waals surface area contributed by atoms with Gasteiger partial charge in [0.1, 0.15) is 0 Å². The van der Waals surface area contributed by atoms with E-state index in [-0.39, 0.29) is 0 Å². The number of likely N-dealkylation sites (N-methyl/N-ethyl adjacent to an activating group) is 1. The van der Waals surface area contributed by atoms with E-state index in [0.29, 0.717) is 0 Å². The van der Waals surface area contributed by atoms with Crippen molar-refractivity contribution >= 4 is 11.3 Å². The number of hydrogen-bond donors (Lipinski definition) is 1. The molecule has 2 rings (SSSR count). The van der Waals surface area contributed by atoms with Crippen LogP contribution in [0.2, 0.25) is 0 Å². The van der Waals surface area contributed by atoms with Gasteiger partial charge in [-0.1, -0.05) is 24.3 Å². The first kappa shape index (κ1) is 14.2. The largest absolute Gasteiger partial charge is 0.319 e. The zero-order chi connectivity index (χ0) is 13.5. The molecule has 0 radical (unpaired) electrons. The second-order valence-corrected chi connectivity index (χ2v) is 5.54. The van der Waals surface area contributed by atoms with Crippen LogP contribution in [0.15, 0.2) is 35.2 Å². The Bertz CT molecular complexity index is 465. The molecule has 0 fully saturated rings. The molecular formula is C15H21N3S. The topological polar surface area (TPSA) is 28.2 Å². The zero-order valence-corrected chi connectivity index (χ0v) is 12.4. The minimum atomic E-state index is 0.908. The number of nitrogens with one attached hydrogen (secondary N) is 1. The van der Waals surface area contributed by atoms with Crippen molar-refractivity contribution in [2.24, 2.45) is 0 Å². The average molecular weight is 275 g/mol. The van der Waals surface area contributed by atoms with Gasteiger partial charge in [0.05, 0.1) is 11.2 Å². The van der Waals surface area contributed by atoms with E-state index in [1.54, 1.807) is 11.3 Å². The lowest BCUT2D eigenvalue weighted by atomic mass is 10.1. The van der Waals surface area contributed by atoms with Gasteiger partial charge in [0.25, 0.3) is 0 Å². The standard InChI is InChI=1S/C15H21N3S/c1-16-8-7-13-3-5-14(6-4-13)9-18(2)10-15-11-19-12-17-15/h3-6,11-12,16H,7-10H2,1-2H3. The van der Waals surface area contributed by atoms with Crippen LogP contribution in [0.4, 0.5) is 0 Å². The normalized spacial score (nSPS) is 11.1. The highest BCUT2D eigenvalue weighted by Crippen LogP contribution is 2.10. The molecule has 0 unspecified atom stereocenters. The molecule has 2 aromatic rings. The molecule has 4 heteroatoms. The van der Waals surface area contributed by atoms with E-state index in [2.05, 4.69) is 51.9 Å². The number of rotatable bonds is 7. The number of nitrogens with zero attached hydrogens (tertiary/aromatic N) is 2. The van der Waals surface area contributed by atoms with Crippen LogP contribution in [0.25, 0.3) is 0 Å². The van der Waals surface area contributed by atoms with Gasteiger partial charge in [-0.2, -0.15) is 0 Å². The maximum atomic E-state index is 4.32. The van der Waals surface area contributed by atoms with Crippen LogP contribution in [-0.4, -0.2) is 30.5 Å². The van der Waals surface area contributed by atoms with Crippen LogP contribution in [0.3, 0.4) is 0 Å². The molecule has 0 bridgehead atoms. The monoisotopic (exact) mass is 275 g/mol. The fourth-order valence-corrected chi connectivity index (χ4v) is 2.59. The Kier molecular flexibility index (Phi) is 5.51. The van der Waals surface area contributed by atoms with E-state index in [9.17, 15) is 0 Å². The van der Waals surface area contributed by atoms with Crippen molar-refractivity contribution in [1.82, 2.24) is 15.2 Å². The van der Waals surface area contributed by atoms with Gasteiger partial charge in [0.2, 0.25) is 0 Å². The summed E-state index contributed by atoms with van der Waals surface area (Å²) in [7, 11) is 4.12. The number of benzene rings is 1. The Morgan fingerprint density at radius 1 is 1.16 bits per heavy atom. The van der Waals surface area contributed by atoms with E-state index in [4.69, 9.17) is 0 Å². The summed E-state index contributed by atoms with van der Waals surface area (Å²) in [6, 6.07) is 8.90. The summed E-state index contributed by atoms with van der Waals surface area (Å²) in [4.78, 5) is 6.60. The maximum absolute atomic E-state index is 4.32. The minimum Gasteiger partial charge on any atom is -0.319 e. The van der Waals surface area contributed by atoms with Gasteiger partial charge in [-0.3, -0.25) is 4.90 Å². The molecule has 0 aliphatic rings. The molecule has 0 saturated carbocycles. The van der Waals surface area contributed by atoms with Gasteiger partial charge < -0.3 is 5.32 Å². The van der Waals surface area contributed by atoms with Gasteiger partial charge >= 0.3 is 0 Å². The fraction of sp³-hybridized carbons (Fsp3) is 0.400. The number of aromatic nitrogens is 1. The Balaban J connectivity index is 1.84. The van der Waals surface area contributed by atoms with E-state index in [1.165, 1.54) is 11.1 Å². The van der Waals surface area contributed by atoms with E-state index in [0.717, 1.165) is 31.7 Å². The van der Waals surface area contributed by atoms with Crippen molar-refractivity contribution in [3.05, 3.63) is 52.0 Å². The first-order chi connectivity index (χ1) is 9.28. The smallest absolute Gasteiger partial charge is 0.0795 e. The molecule has 3 nitrogen and oxygen atoms in total. The summed E-state index contributed by atoms with van der Waals surface area (Å²) in [6.07, 6.45) is 1.09. The summed E-state index contributed by atoms with van der Waals surface area (Å²) in [6.45, 7) is 2.90. The molecule has 0 saturated heterocycles. The number of thiazole rings is 1. The summed E-state index contributed by atoms with van der Waals surface area (Å²) in [5.41, 5.74) is 5.78. The predicted octanol–water partition coefficient (Wildman–Crippen LogP) is 2.54. The lowest BCUT2D eigenvalue weighted by Gasteiger charge is -2.15. The van der Waals surface area contributed by atoms with Crippen LogP contribution in [0.1, 0.15) is 16.8 Å². The van der Waals surface area contributed by atoms with E-state index >= 15 is 0 Å². The van der Waals surface area contributed by atoms with E-state index in [1.807, 2.05) is 12.6 Å². The summed E-state index contributed by atoms with van der Waals surface area (Å²) < 4.78 is 0. The molecule has 0 aliphatic carbocycles. The third kappa shape index (κ3) is 4.74. The lowest BCUT2D eigenvalue weighted by Crippen LogP contribution is -2.17. The van der Waals surface area contributed by atoms with Crippen molar-refractivity contribution in [3.63, 3.8) is 0 Å². The highest BCUT2D eigenvalue weighted by molar-refractivity contribution is 7.07. The Labute approximate surface area is 119 Å². The zero-order valence-electron chi connectivity index (χ0n) is 11.6. The van der Waals surface area contributed by atoms with Gasteiger partial charge in [0.15, 0.2) is 0 Å². The Morgan fingerprint density at radius 3 is 2.53 bits per heavy atom. The predicted molar refractivity (Wildman–Crippen MR) is 81.4 cm³/mol. The lowest BCUT2D eigenvalue weighted by molar-refractivity contribution is 0.316. The molecule has 0 spiro atoms. The average Bonchev–Trinajstić information content (AvgIpc) is 2.90. The first-order valence-corrected chi connectivity index (χ1v) is 7.50. The molecule has 1 N–H and O–H groups in total. The van der Waals surface area contributed by atoms with Crippen molar-refractivity contribution < 1.29 is 0 Å². The maximum Gasteiger partial charge on any atom is 0.0795 e. The fourth-order valence-electron chi connectivity index (χ4n) is 2.04. The molecule has 1 heterocycles. The molecular weight excluding hydrogens is 254 g/mol. The van der Waals surface area contributed by atoms with Gasteiger partial charge in [0, 0.05) is 18.5 Å². The molecule has 1 aromatic heterocycles.